The third-order valence-electron chi connectivity index (χ3n) is 1.82. The average molecular weight is 247 g/mol. The van der Waals surface area contributed by atoms with Gasteiger partial charge in [-0.2, -0.15) is 0 Å². The van der Waals surface area contributed by atoms with Crippen LogP contribution in [-0.2, 0) is 26.8 Å². The van der Waals surface area contributed by atoms with Gasteiger partial charge in [0.25, 0.3) is 0 Å². The Labute approximate surface area is 93.2 Å². The number of aromatic nitrogens is 1. The molecule has 90 valence electrons. The number of aliphatic carboxylic acids is 1. The predicted octanol–water partition coefficient (Wildman–Crippen LogP) is 0.627. The van der Waals surface area contributed by atoms with Gasteiger partial charge >= 0.3 is 5.97 Å². The lowest BCUT2D eigenvalue weighted by atomic mass is 10.2. The molecule has 0 amide bonds. The topological polar surface area (TPSA) is 97.5 Å². The molecule has 0 atom stereocenters. The van der Waals surface area contributed by atoms with Crippen molar-refractivity contribution in [1.82, 2.24) is 5.16 Å². The molecule has 1 aromatic heterocycles. The summed E-state index contributed by atoms with van der Waals surface area (Å²) in [6.45, 7) is 1.97. The monoisotopic (exact) mass is 247 g/mol. The largest absolute Gasteiger partial charge is 0.480 e. The van der Waals surface area contributed by atoms with E-state index < -0.39 is 27.3 Å². The maximum Gasteiger partial charge on any atom is 0.318 e. The minimum Gasteiger partial charge on any atom is -0.480 e. The first kappa shape index (κ1) is 12.7. The van der Waals surface area contributed by atoms with Crippen LogP contribution in [0.2, 0.25) is 0 Å². The number of carbonyl (C=O) groups is 1. The molecule has 0 radical (unpaired) electrons. The molecule has 0 spiro atoms. The Bertz CT molecular complexity index is 462. The maximum atomic E-state index is 11.3. The van der Waals surface area contributed by atoms with Crippen LogP contribution in [0.5, 0.6) is 0 Å². The molecule has 1 rings (SSSR count). The van der Waals surface area contributed by atoms with Crippen molar-refractivity contribution in [3.05, 3.63) is 17.5 Å². The van der Waals surface area contributed by atoms with Crippen LogP contribution in [-0.4, -0.2) is 30.4 Å². The summed E-state index contributed by atoms with van der Waals surface area (Å²) >= 11 is 0. The molecule has 7 heteroatoms. The maximum absolute atomic E-state index is 11.3. The first-order chi connectivity index (χ1) is 7.43. The number of carboxylic acid groups (broad SMARTS) is 1. The molecule has 0 aromatic carbocycles. The van der Waals surface area contributed by atoms with E-state index in [-0.39, 0.29) is 5.76 Å². The molecule has 0 bridgehead atoms. The zero-order valence-electron chi connectivity index (χ0n) is 8.84. The van der Waals surface area contributed by atoms with E-state index in [0.717, 1.165) is 6.42 Å². The number of sulfone groups is 1. The summed E-state index contributed by atoms with van der Waals surface area (Å²) in [5.74, 6) is -2.50. The first-order valence-electron chi connectivity index (χ1n) is 4.79. The highest BCUT2D eigenvalue weighted by Gasteiger charge is 2.19. The van der Waals surface area contributed by atoms with Gasteiger partial charge in [-0.1, -0.05) is 18.5 Å². The van der Waals surface area contributed by atoms with Crippen molar-refractivity contribution in [1.29, 1.82) is 0 Å². The predicted molar refractivity (Wildman–Crippen MR) is 55.6 cm³/mol. The Hall–Kier alpha value is -1.37. The molecule has 0 saturated carbocycles. The van der Waals surface area contributed by atoms with E-state index >= 15 is 0 Å². The highest BCUT2D eigenvalue weighted by Crippen LogP contribution is 2.10. The Morgan fingerprint density at radius 1 is 1.56 bits per heavy atom. The van der Waals surface area contributed by atoms with Gasteiger partial charge in [0.1, 0.15) is 11.5 Å². The van der Waals surface area contributed by atoms with Gasteiger partial charge in [0.15, 0.2) is 15.6 Å². The second-order valence-corrected chi connectivity index (χ2v) is 5.53. The molecule has 1 N–H and O–H groups in total. The van der Waals surface area contributed by atoms with Crippen LogP contribution >= 0.6 is 0 Å². The molecule has 6 nitrogen and oxygen atoms in total. The minimum atomic E-state index is -3.67. The second-order valence-electron chi connectivity index (χ2n) is 3.46. The van der Waals surface area contributed by atoms with Crippen LogP contribution in [0, 0.1) is 0 Å². The quantitative estimate of drug-likeness (QED) is 0.791. The summed E-state index contributed by atoms with van der Waals surface area (Å²) in [6.07, 6.45) is 1.59. The summed E-state index contributed by atoms with van der Waals surface area (Å²) < 4.78 is 27.4. The standard InChI is InChI=1S/C9H13NO5S/c1-2-3-7-4-8(15-10-7)5-16(13,14)6-9(11)12/h4H,2-3,5-6H2,1H3,(H,11,12). The number of rotatable bonds is 6. The Morgan fingerprint density at radius 2 is 2.25 bits per heavy atom. The van der Waals surface area contributed by atoms with Gasteiger partial charge < -0.3 is 9.63 Å². The minimum absolute atomic E-state index is 0.185. The normalized spacial score (nSPS) is 11.6. The van der Waals surface area contributed by atoms with E-state index in [1.807, 2.05) is 6.92 Å². The molecule has 0 saturated heterocycles. The third kappa shape index (κ3) is 4.01. The van der Waals surface area contributed by atoms with Gasteiger partial charge in [0.05, 0.1) is 5.69 Å². The molecule has 0 aliphatic heterocycles. The van der Waals surface area contributed by atoms with Crippen LogP contribution in [0.25, 0.3) is 0 Å². The summed E-state index contributed by atoms with van der Waals surface area (Å²) in [4.78, 5) is 10.3. The average Bonchev–Trinajstić information content (AvgIpc) is 2.49. The van der Waals surface area contributed by atoms with Crippen molar-refractivity contribution in [2.75, 3.05) is 5.75 Å². The van der Waals surface area contributed by atoms with Crippen molar-refractivity contribution in [3.63, 3.8) is 0 Å². The first-order valence-corrected chi connectivity index (χ1v) is 6.62. The van der Waals surface area contributed by atoms with E-state index in [0.29, 0.717) is 12.1 Å². The van der Waals surface area contributed by atoms with E-state index in [4.69, 9.17) is 9.63 Å². The molecule has 16 heavy (non-hydrogen) atoms. The zero-order chi connectivity index (χ0) is 12.2. The van der Waals surface area contributed by atoms with Crippen molar-refractivity contribution in [2.24, 2.45) is 0 Å². The summed E-state index contributed by atoms with van der Waals surface area (Å²) in [5.41, 5.74) is 0.683. The van der Waals surface area contributed by atoms with Crippen LogP contribution in [0.1, 0.15) is 24.8 Å². The summed E-state index contributed by atoms with van der Waals surface area (Å²) in [7, 11) is -3.67. The number of aryl methyl sites for hydroxylation is 1. The molecule has 0 fully saturated rings. The fraction of sp³-hybridized carbons (Fsp3) is 0.556. The fourth-order valence-corrected chi connectivity index (χ4v) is 2.30. The number of hydrogen-bond acceptors (Lipinski definition) is 5. The van der Waals surface area contributed by atoms with Crippen molar-refractivity contribution in [2.45, 2.75) is 25.5 Å². The van der Waals surface area contributed by atoms with Gasteiger partial charge in [-0.3, -0.25) is 4.79 Å². The van der Waals surface area contributed by atoms with Crippen molar-refractivity contribution in [3.8, 4) is 0 Å². The van der Waals surface area contributed by atoms with E-state index in [1.165, 1.54) is 0 Å². The lowest BCUT2D eigenvalue weighted by molar-refractivity contribution is -0.134. The van der Waals surface area contributed by atoms with Crippen molar-refractivity contribution >= 4 is 15.8 Å². The van der Waals surface area contributed by atoms with Gasteiger partial charge in [0.2, 0.25) is 0 Å². The second kappa shape index (κ2) is 5.11. The number of carboxylic acids is 1. The van der Waals surface area contributed by atoms with E-state index in [9.17, 15) is 13.2 Å². The molecule has 0 aliphatic rings. The lowest BCUT2D eigenvalue weighted by Crippen LogP contribution is -2.16. The Balaban J connectivity index is 2.69. The molecular formula is C9H13NO5S. The molecular weight excluding hydrogens is 234 g/mol. The highest BCUT2D eigenvalue weighted by atomic mass is 32.2. The number of hydrogen-bond donors (Lipinski definition) is 1. The molecule has 1 heterocycles. The smallest absolute Gasteiger partial charge is 0.318 e. The van der Waals surface area contributed by atoms with Gasteiger partial charge in [-0.25, -0.2) is 8.42 Å². The Morgan fingerprint density at radius 3 is 2.81 bits per heavy atom. The van der Waals surface area contributed by atoms with Crippen LogP contribution < -0.4 is 0 Å². The summed E-state index contributed by atoms with van der Waals surface area (Å²) in [6, 6.07) is 1.54. The summed E-state index contributed by atoms with van der Waals surface area (Å²) in [5, 5.41) is 12.1. The van der Waals surface area contributed by atoms with E-state index in [1.54, 1.807) is 6.07 Å². The van der Waals surface area contributed by atoms with Gasteiger partial charge in [0, 0.05) is 6.07 Å². The highest BCUT2D eigenvalue weighted by molar-refractivity contribution is 7.91. The molecule has 0 aliphatic carbocycles. The third-order valence-corrected chi connectivity index (χ3v) is 3.23. The lowest BCUT2D eigenvalue weighted by Gasteiger charge is -1.96. The van der Waals surface area contributed by atoms with Crippen molar-refractivity contribution < 1.29 is 22.8 Å². The van der Waals surface area contributed by atoms with Gasteiger partial charge in [-0.15, -0.1) is 0 Å². The number of nitrogens with zero attached hydrogens (tertiary/aromatic N) is 1. The molecule has 0 unspecified atom stereocenters. The SMILES string of the molecule is CCCc1cc(CS(=O)(=O)CC(=O)O)on1. The zero-order valence-corrected chi connectivity index (χ0v) is 9.66. The van der Waals surface area contributed by atoms with E-state index in [2.05, 4.69) is 5.16 Å². The Kier molecular flexibility index (Phi) is 4.05. The molecule has 1 aromatic rings. The van der Waals surface area contributed by atoms with Gasteiger partial charge in [-0.05, 0) is 6.42 Å². The fourth-order valence-electron chi connectivity index (χ4n) is 1.25. The van der Waals surface area contributed by atoms with Crippen LogP contribution in [0.15, 0.2) is 10.6 Å². The van der Waals surface area contributed by atoms with Crippen LogP contribution in [0.3, 0.4) is 0 Å². The van der Waals surface area contributed by atoms with Crippen LogP contribution in [0.4, 0.5) is 0 Å².